The standard InChI is InChI=1S/C11H12.2ClH.Zr/c1-8-6-10-5-3-4-9(2)11(10)7-8;;;/h3-5,7H,6H2,1-2H3;2*1H;/q;;;+2/p-2. The fourth-order valence-electron chi connectivity index (χ4n) is 1.70. The van der Waals surface area contributed by atoms with Gasteiger partial charge in [-0.05, 0) is 37.0 Å². The Balaban J connectivity index is 0.000000293. The van der Waals surface area contributed by atoms with Crippen LogP contribution >= 0.6 is 17.0 Å². The number of hydrogen-bond acceptors (Lipinski definition) is 0. The van der Waals surface area contributed by atoms with E-state index >= 15 is 0 Å². The van der Waals surface area contributed by atoms with Crippen LogP contribution in [0.3, 0.4) is 0 Å². The molecule has 3 heteroatoms. The van der Waals surface area contributed by atoms with Gasteiger partial charge in [-0.25, -0.2) is 0 Å². The van der Waals surface area contributed by atoms with Crippen molar-refractivity contribution in [3.05, 3.63) is 40.5 Å². The van der Waals surface area contributed by atoms with Crippen molar-refractivity contribution in [2.75, 3.05) is 0 Å². The summed E-state index contributed by atoms with van der Waals surface area (Å²) in [7, 11) is 9.87. The van der Waals surface area contributed by atoms with Gasteiger partial charge >= 0.3 is 37.9 Å². The molecule has 74 valence electrons. The fraction of sp³-hybridized carbons (Fsp3) is 0.273. The van der Waals surface area contributed by atoms with Gasteiger partial charge in [0.25, 0.3) is 0 Å². The van der Waals surface area contributed by atoms with Crippen molar-refractivity contribution >= 4 is 23.1 Å². The number of rotatable bonds is 0. The van der Waals surface area contributed by atoms with E-state index in [9.17, 15) is 0 Å². The molecular formula is C11H12Cl2Zr. The summed E-state index contributed by atoms with van der Waals surface area (Å²) in [6, 6.07) is 6.53. The molecule has 1 aromatic rings. The Morgan fingerprint density at radius 3 is 2.43 bits per heavy atom. The van der Waals surface area contributed by atoms with Gasteiger partial charge in [0.05, 0.1) is 0 Å². The Morgan fingerprint density at radius 2 is 1.86 bits per heavy atom. The van der Waals surface area contributed by atoms with Crippen LogP contribution in [-0.2, 0) is 27.3 Å². The van der Waals surface area contributed by atoms with Gasteiger partial charge < -0.3 is 0 Å². The van der Waals surface area contributed by atoms with Gasteiger partial charge in [0, 0.05) is 0 Å². The summed E-state index contributed by atoms with van der Waals surface area (Å²) in [4.78, 5) is 0. The van der Waals surface area contributed by atoms with E-state index in [0.29, 0.717) is 0 Å². The third-order valence-corrected chi connectivity index (χ3v) is 2.27. The van der Waals surface area contributed by atoms with Gasteiger partial charge in [0.1, 0.15) is 0 Å². The van der Waals surface area contributed by atoms with Crippen LogP contribution in [0.2, 0.25) is 0 Å². The Hall–Kier alpha value is 0.423. The number of aryl methyl sites for hydroxylation is 1. The van der Waals surface area contributed by atoms with Crippen LogP contribution in [0.5, 0.6) is 0 Å². The summed E-state index contributed by atoms with van der Waals surface area (Å²) in [5.41, 5.74) is 5.82. The summed E-state index contributed by atoms with van der Waals surface area (Å²) in [6.07, 6.45) is 3.45. The Labute approximate surface area is 104 Å². The molecule has 1 aliphatic carbocycles. The van der Waals surface area contributed by atoms with Crippen molar-refractivity contribution in [3.8, 4) is 0 Å². The number of halogens is 2. The minimum absolute atomic E-state index is 0.826. The summed E-state index contributed by atoms with van der Waals surface area (Å²) in [6.45, 7) is 4.37. The van der Waals surface area contributed by atoms with Crippen LogP contribution in [0.1, 0.15) is 23.6 Å². The molecule has 14 heavy (non-hydrogen) atoms. The third kappa shape index (κ3) is 3.22. The van der Waals surface area contributed by atoms with Gasteiger partial charge in [-0.3, -0.25) is 0 Å². The van der Waals surface area contributed by atoms with Gasteiger partial charge in [0.2, 0.25) is 0 Å². The van der Waals surface area contributed by atoms with Crippen molar-refractivity contribution in [1.29, 1.82) is 0 Å². The average molecular weight is 306 g/mol. The molecule has 0 atom stereocenters. The quantitative estimate of drug-likeness (QED) is 0.669. The van der Waals surface area contributed by atoms with Crippen LogP contribution in [0.25, 0.3) is 6.08 Å². The van der Waals surface area contributed by atoms with E-state index in [0.717, 1.165) is 6.42 Å². The predicted octanol–water partition coefficient (Wildman–Crippen LogP) is 4.33. The molecule has 0 amide bonds. The Kier molecular flexibility index (Phi) is 5.45. The molecule has 1 aromatic carbocycles. The molecule has 2 rings (SSSR count). The molecule has 0 saturated carbocycles. The normalized spacial score (nSPS) is 12.4. The average Bonchev–Trinajstić information content (AvgIpc) is 2.48. The molecular weight excluding hydrogens is 294 g/mol. The Bertz CT molecular complexity index is 345. The molecule has 0 radical (unpaired) electrons. The van der Waals surface area contributed by atoms with E-state index in [1.165, 1.54) is 22.3 Å². The molecule has 1 aliphatic rings. The van der Waals surface area contributed by atoms with Crippen LogP contribution in [-0.4, -0.2) is 0 Å². The second kappa shape index (κ2) is 6.10. The Morgan fingerprint density at radius 1 is 1.21 bits per heavy atom. The monoisotopic (exact) mass is 304 g/mol. The first-order valence-electron chi connectivity index (χ1n) is 4.41. The van der Waals surface area contributed by atoms with Crippen LogP contribution in [0.15, 0.2) is 23.8 Å². The topological polar surface area (TPSA) is 0 Å². The van der Waals surface area contributed by atoms with E-state index < -0.39 is 20.8 Å². The number of allylic oxidation sites excluding steroid dienone is 1. The van der Waals surface area contributed by atoms with Crippen LogP contribution in [0, 0.1) is 6.92 Å². The van der Waals surface area contributed by atoms with Crippen molar-refractivity contribution in [2.45, 2.75) is 20.3 Å². The molecule has 0 spiro atoms. The second-order valence-corrected chi connectivity index (χ2v) is 7.12. The number of benzene rings is 1. The van der Waals surface area contributed by atoms with E-state index in [1.54, 1.807) is 0 Å². The van der Waals surface area contributed by atoms with Crippen molar-refractivity contribution in [3.63, 3.8) is 0 Å². The second-order valence-electron chi connectivity index (χ2n) is 3.39. The van der Waals surface area contributed by atoms with Crippen LogP contribution in [0.4, 0.5) is 0 Å². The molecule has 0 fully saturated rings. The zero-order valence-electron chi connectivity index (χ0n) is 8.27. The van der Waals surface area contributed by atoms with E-state index in [-0.39, 0.29) is 0 Å². The molecule has 0 unspecified atom stereocenters. The summed E-state index contributed by atoms with van der Waals surface area (Å²) in [5.74, 6) is 0. The van der Waals surface area contributed by atoms with Gasteiger partial charge in [-0.2, -0.15) is 0 Å². The third-order valence-electron chi connectivity index (χ3n) is 2.27. The van der Waals surface area contributed by atoms with Gasteiger partial charge in [0.15, 0.2) is 0 Å². The summed E-state index contributed by atoms with van der Waals surface area (Å²) < 4.78 is 0. The molecule has 0 saturated heterocycles. The maximum absolute atomic E-state index is 4.93. The number of hydrogen-bond donors (Lipinski definition) is 0. The van der Waals surface area contributed by atoms with E-state index in [1.807, 2.05) is 0 Å². The first-order valence-corrected chi connectivity index (χ1v) is 10.7. The fourth-order valence-corrected chi connectivity index (χ4v) is 1.70. The first kappa shape index (κ1) is 12.5. The van der Waals surface area contributed by atoms with Crippen molar-refractivity contribution in [2.24, 2.45) is 0 Å². The first-order chi connectivity index (χ1) is 6.69. The molecule has 0 nitrogen and oxygen atoms in total. The SMILES string of the molecule is CC1=Cc2c(C)cccc2C1.[Cl][Zr][Cl]. The summed E-state index contributed by atoms with van der Waals surface area (Å²) in [5, 5.41) is 0. The van der Waals surface area contributed by atoms with E-state index in [4.69, 9.17) is 17.0 Å². The molecule has 0 aromatic heterocycles. The van der Waals surface area contributed by atoms with Crippen molar-refractivity contribution in [1.82, 2.24) is 0 Å². The van der Waals surface area contributed by atoms with Gasteiger partial charge in [-0.15, -0.1) is 0 Å². The predicted molar refractivity (Wildman–Crippen MR) is 60.2 cm³/mol. The van der Waals surface area contributed by atoms with Crippen molar-refractivity contribution < 1.29 is 20.8 Å². The molecule has 0 aliphatic heterocycles. The number of fused-ring (bicyclic) bond motifs is 1. The van der Waals surface area contributed by atoms with Crippen LogP contribution < -0.4 is 0 Å². The molecule has 0 bridgehead atoms. The summed E-state index contributed by atoms with van der Waals surface area (Å²) >= 11 is -0.826. The zero-order valence-corrected chi connectivity index (χ0v) is 12.2. The maximum atomic E-state index is 4.93. The zero-order chi connectivity index (χ0) is 10.6. The molecule has 0 N–H and O–H groups in total. The minimum atomic E-state index is -0.826. The molecule has 0 heterocycles. The van der Waals surface area contributed by atoms with E-state index in [2.05, 4.69) is 38.1 Å². The van der Waals surface area contributed by atoms with Gasteiger partial charge in [-0.1, -0.05) is 29.8 Å².